The fourth-order valence-corrected chi connectivity index (χ4v) is 3.85. The smallest absolute Gasteiger partial charge is 0.258 e. The third-order valence-corrected chi connectivity index (χ3v) is 5.39. The second kappa shape index (κ2) is 10.3. The lowest BCUT2D eigenvalue weighted by atomic mass is 10.0. The first kappa shape index (κ1) is 21.9. The molecule has 2 aromatic carbocycles. The van der Waals surface area contributed by atoms with Gasteiger partial charge in [-0.15, -0.1) is 0 Å². The zero-order chi connectivity index (χ0) is 21.5. The summed E-state index contributed by atoms with van der Waals surface area (Å²) in [5.74, 6) is 0.000104. The molecule has 1 saturated heterocycles. The molecule has 0 saturated carbocycles. The summed E-state index contributed by atoms with van der Waals surface area (Å²) in [5.41, 5.74) is 0.829. The minimum Gasteiger partial charge on any atom is -0.493 e. The van der Waals surface area contributed by atoms with Crippen molar-refractivity contribution in [1.82, 2.24) is 10.2 Å². The summed E-state index contributed by atoms with van der Waals surface area (Å²) in [6.07, 6.45) is 2.05. The zero-order valence-corrected chi connectivity index (χ0v) is 17.4. The van der Waals surface area contributed by atoms with Gasteiger partial charge in [0.25, 0.3) is 5.91 Å². The van der Waals surface area contributed by atoms with Crippen molar-refractivity contribution in [3.8, 4) is 17.6 Å². The van der Waals surface area contributed by atoms with Crippen molar-refractivity contribution in [3.63, 3.8) is 0 Å². The molecule has 1 aliphatic rings. The zero-order valence-electron chi connectivity index (χ0n) is 16.7. The maximum absolute atomic E-state index is 14.5. The molecule has 2 aromatic rings. The molecular formula is C22H23ClFN3O3. The molecule has 0 radical (unpaired) electrons. The SMILES string of the molecule is COc1cc(C#N)ccc1OCC(=O)NCC(c1c(F)cccc1Cl)N1CCCC1. The number of benzene rings is 2. The number of hydrogen-bond acceptors (Lipinski definition) is 5. The Morgan fingerprint density at radius 2 is 2.07 bits per heavy atom. The van der Waals surface area contributed by atoms with Crippen LogP contribution >= 0.6 is 11.6 Å². The number of likely N-dealkylation sites (tertiary alicyclic amines) is 1. The Labute approximate surface area is 180 Å². The van der Waals surface area contributed by atoms with Gasteiger partial charge in [-0.1, -0.05) is 17.7 Å². The van der Waals surface area contributed by atoms with Crippen molar-refractivity contribution in [2.45, 2.75) is 18.9 Å². The van der Waals surface area contributed by atoms with Gasteiger partial charge in [0.2, 0.25) is 0 Å². The van der Waals surface area contributed by atoms with E-state index in [9.17, 15) is 9.18 Å². The van der Waals surface area contributed by atoms with Gasteiger partial charge in [0.1, 0.15) is 5.82 Å². The fraction of sp³-hybridized carbons (Fsp3) is 0.364. The Kier molecular flexibility index (Phi) is 7.50. The van der Waals surface area contributed by atoms with Gasteiger partial charge < -0.3 is 14.8 Å². The van der Waals surface area contributed by atoms with Crippen LogP contribution in [0.15, 0.2) is 36.4 Å². The van der Waals surface area contributed by atoms with E-state index in [0.29, 0.717) is 27.6 Å². The van der Waals surface area contributed by atoms with E-state index in [-0.39, 0.29) is 30.9 Å². The van der Waals surface area contributed by atoms with Gasteiger partial charge in [0.05, 0.1) is 24.8 Å². The van der Waals surface area contributed by atoms with Crippen molar-refractivity contribution in [1.29, 1.82) is 5.26 Å². The highest BCUT2D eigenvalue weighted by atomic mass is 35.5. The number of nitriles is 1. The molecule has 1 atom stereocenters. The van der Waals surface area contributed by atoms with Crippen LogP contribution in [0, 0.1) is 17.1 Å². The number of carbonyl (C=O) groups excluding carboxylic acids is 1. The van der Waals surface area contributed by atoms with Crippen molar-refractivity contribution in [3.05, 3.63) is 58.4 Å². The number of ether oxygens (including phenoxy) is 2. The van der Waals surface area contributed by atoms with Gasteiger partial charge in [0.15, 0.2) is 18.1 Å². The largest absolute Gasteiger partial charge is 0.493 e. The number of hydrogen-bond donors (Lipinski definition) is 1. The summed E-state index contributed by atoms with van der Waals surface area (Å²) in [7, 11) is 1.46. The lowest BCUT2D eigenvalue weighted by Crippen LogP contribution is -2.39. The Balaban J connectivity index is 1.65. The molecule has 158 valence electrons. The normalized spacial score (nSPS) is 14.7. The van der Waals surface area contributed by atoms with Crippen molar-refractivity contribution >= 4 is 17.5 Å². The average Bonchev–Trinajstić information content (AvgIpc) is 3.28. The van der Waals surface area contributed by atoms with E-state index in [1.165, 1.54) is 19.2 Å². The van der Waals surface area contributed by atoms with Gasteiger partial charge in [0, 0.05) is 23.2 Å². The molecule has 6 nitrogen and oxygen atoms in total. The summed E-state index contributed by atoms with van der Waals surface area (Å²) in [5, 5.41) is 12.1. The third-order valence-electron chi connectivity index (χ3n) is 5.06. The highest BCUT2D eigenvalue weighted by Gasteiger charge is 2.28. The Morgan fingerprint density at radius 3 is 2.73 bits per heavy atom. The summed E-state index contributed by atoms with van der Waals surface area (Å²) >= 11 is 6.28. The van der Waals surface area contributed by atoms with Gasteiger partial charge in [-0.05, 0) is 50.2 Å². The number of nitrogens with one attached hydrogen (secondary N) is 1. The fourth-order valence-electron chi connectivity index (χ4n) is 3.56. The standard InChI is InChI=1S/C22H23ClFN3O3/c1-29-20-11-15(12-25)7-8-19(20)30-14-21(28)26-13-18(27-9-2-3-10-27)22-16(23)5-4-6-17(22)24/h4-8,11,18H,2-3,9-10,13-14H2,1H3,(H,26,28). The second-order valence-electron chi connectivity index (χ2n) is 6.96. The molecule has 0 spiro atoms. The number of halogens is 2. The number of nitrogens with zero attached hydrogens (tertiary/aromatic N) is 2. The average molecular weight is 432 g/mol. The molecule has 3 rings (SSSR count). The topological polar surface area (TPSA) is 74.6 Å². The lowest BCUT2D eigenvalue weighted by molar-refractivity contribution is -0.123. The van der Waals surface area contributed by atoms with Crippen LogP contribution in [0.1, 0.15) is 30.0 Å². The molecule has 1 aliphatic heterocycles. The van der Waals surface area contributed by atoms with Crippen LogP contribution in [-0.4, -0.2) is 44.2 Å². The van der Waals surface area contributed by atoms with Crippen LogP contribution in [0.25, 0.3) is 0 Å². The van der Waals surface area contributed by atoms with Crippen molar-refractivity contribution in [2.24, 2.45) is 0 Å². The molecule has 1 heterocycles. The molecule has 8 heteroatoms. The van der Waals surface area contributed by atoms with E-state index in [1.54, 1.807) is 24.3 Å². The predicted molar refractivity (Wildman–Crippen MR) is 111 cm³/mol. The van der Waals surface area contributed by atoms with Gasteiger partial charge in [-0.25, -0.2) is 4.39 Å². The molecule has 1 N–H and O–H groups in total. The van der Waals surface area contributed by atoms with Gasteiger partial charge in [-0.2, -0.15) is 5.26 Å². The predicted octanol–water partition coefficient (Wildman–Crippen LogP) is 3.69. The molecule has 0 aromatic heterocycles. The van der Waals surface area contributed by atoms with Crippen LogP contribution in [-0.2, 0) is 4.79 Å². The number of rotatable bonds is 8. The van der Waals surface area contributed by atoms with Crippen LogP contribution in [0.3, 0.4) is 0 Å². The monoisotopic (exact) mass is 431 g/mol. The van der Waals surface area contributed by atoms with Crippen LogP contribution in [0.2, 0.25) is 5.02 Å². The lowest BCUT2D eigenvalue weighted by Gasteiger charge is -2.29. The van der Waals surface area contributed by atoms with E-state index >= 15 is 0 Å². The molecule has 1 fully saturated rings. The molecule has 1 unspecified atom stereocenters. The second-order valence-corrected chi connectivity index (χ2v) is 7.37. The number of amides is 1. The van der Waals surface area contributed by atoms with Crippen molar-refractivity contribution in [2.75, 3.05) is 33.4 Å². The molecular weight excluding hydrogens is 409 g/mol. The highest BCUT2D eigenvalue weighted by Crippen LogP contribution is 2.32. The Hall–Kier alpha value is -2.82. The molecule has 0 bridgehead atoms. The Bertz CT molecular complexity index is 921. The van der Waals surface area contributed by atoms with E-state index in [0.717, 1.165) is 25.9 Å². The van der Waals surface area contributed by atoms with Crippen molar-refractivity contribution < 1.29 is 18.7 Å². The molecule has 0 aliphatic carbocycles. The van der Waals surface area contributed by atoms with Gasteiger partial charge in [-0.3, -0.25) is 9.69 Å². The first-order valence-corrected chi connectivity index (χ1v) is 10.1. The van der Waals surface area contributed by atoms with E-state index < -0.39 is 0 Å². The summed E-state index contributed by atoms with van der Waals surface area (Å²) in [6, 6.07) is 11.0. The maximum atomic E-state index is 14.5. The summed E-state index contributed by atoms with van der Waals surface area (Å²) in [4.78, 5) is 14.5. The maximum Gasteiger partial charge on any atom is 0.258 e. The molecule has 30 heavy (non-hydrogen) atoms. The minimum atomic E-state index is -0.382. The first-order chi connectivity index (χ1) is 14.5. The van der Waals surface area contributed by atoms with Gasteiger partial charge >= 0.3 is 0 Å². The first-order valence-electron chi connectivity index (χ1n) is 9.69. The van der Waals surface area contributed by atoms with Crippen LogP contribution < -0.4 is 14.8 Å². The third kappa shape index (κ3) is 5.21. The van der Waals surface area contributed by atoms with Crippen LogP contribution in [0.5, 0.6) is 11.5 Å². The quantitative estimate of drug-likeness (QED) is 0.690. The number of carbonyl (C=O) groups is 1. The van der Waals surface area contributed by atoms with E-state index in [4.69, 9.17) is 26.3 Å². The highest BCUT2D eigenvalue weighted by molar-refractivity contribution is 6.31. The molecule has 1 amide bonds. The Morgan fingerprint density at radius 1 is 1.30 bits per heavy atom. The van der Waals surface area contributed by atoms with Crippen LogP contribution in [0.4, 0.5) is 4.39 Å². The van der Waals surface area contributed by atoms with E-state index in [2.05, 4.69) is 10.2 Å². The minimum absolute atomic E-state index is 0.216. The summed E-state index contributed by atoms with van der Waals surface area (Å²) < 4.78 is 25.2. The van der Waals surface area contributed by atoms with E-state index in [1.807, 2.05) is 6.07 Å². The number of methoxy groups -OCH3 is 1. The summed E-state index contributed by atoms with van der Waals surface area (Å²) in [6.45, 7) is 1.63.